The number of nitrogens with zero attached hydrogens (tertiary/aromatic N) is 2. The summed E-state index contributed by atoms with van der Waals surface area (Å²) in [6.45, 7) is 2.00. The van der Waals surface area contributed by atoms with Crippen LogP contribution in [0.15, 0.2) is 53.9 Å². The number of carbonyl (C=O) groups is 1. The van der Waals surface area contributed by atoms with Gasteiger partial charge in [0.05, 0.1) is 12.6 Å². The van der Waals surface area contributed by atoms with E-state index in [4.69, 9.17) is 6.42 Å². The van der Waals surface area contributed by atoms with Gasteiger partial charge in [-0.1, -0.05) is 36.4 Å². The molecule has 1 aliphatic rings. The Morgan fingerprint density at radius 1 is 1.19 bits per heavy atom. The number of anilines is 2. The second kappa shape index (κ2) is 9.65. The van der Waals surface area contributed by atoms with Gasteiger partial charge in [-0.2, -0.15) is 0 Å². The number of terminal acetylenes is 1. The number of aliphatic hydroxyl groups excluding tert-OH is 1. The van der Waals surface area contributed by atoms with E-state index < -0.39 is 12.1 Å². The molecule has 1 saturated heterocycles. The molecule has 4 rings (SSSR count). The Labute approximate surface area is 185 Å². The minimum Gasteiger partial charge on any atom is -0.394 e. The number of hydrogen-bond acceptors (Lipinski definition) is 5. The fraction of sp³-hybridized carbons (Fsp3) is 0.250. The van der Waals surface area contributed by atoms with Crippen molar-refractivity contribution in [2.75, 3.05) is 29.9 Å². The highest BCUT2D eigenvalue weighted by molar-refractivity contribution is 7.10. The van der Waals surface area contributed by atoms with Crippen LogP contribution in [0.25, 0.3) is 11.1 Å². The molecule has 0 aliphatic carbocycles. The Morgan fingerprint density at radius 3 is 2.65 bits per heavy atom. The first-order chi connectivity index (χ1) is 15.2. The number of carbonyl (C=O) groups excluding carboxylic acids is 1. The van der Waals surface area contributed by atoms with Crippen molar-refractivity contribution in [1.82, 2.24) is 10.3 Å². The summed E-state index contributed by atoms with van der Waals surface area (Å²) < 4.78 is 0. The van der Waals surface area contributed by atoms with Gasteiger partial charge in [-0.25, -0.2) is 9.78 Å². The molecule has 0 spiro atoms. The van der Waals surface area contributed by atoms with E-state index in [0.717, 1.165) is 29.8 Å². The third kappa shape index (κ3) is 5.05. The van der Waals surface area contributed by atoms with Crippen LogP contribution in [0, 0.1) is 12.3 Å². The molecule has 0 saturated carbocycles. The van der Waals surface area contributed by atoms with Crippen LogP contribution in [0.1, 0.15) is 29.5 Å². The molecule has 158 valence electrons. The Balaban J connectivity index is 1.43. The number of benzene rings is 2. The van der Waals surface area contributed by atoms with Crippen molar-refractivity contribution in [1.29, 1.82) is 0 Å². The lowest BCUT2D eigenvalue weighted by atomic mass is 10.0. The number of amides is 2. The largest absolute Gasteiger partial charge is 0.394 e. The van der Waals surface area contributed by atoms with E-state index in [9.17, 15) is 9.90 Å². The van der Waals surface area contributed by atoms with Crippen molar-refractivity contribution in [2.24, 2.45) is 0 Å². The summed E-state index contributed by atoms with van der Waals surface area (Å²) in [5, 5.41) is 17.4. The predicted molar refractivity (Wildman–Crippen MR) is 125 cm³/mol. The fourth-order valence-corrected chi connectivity index (χ4v) is 4.26. The highest BCUT2D eigenvalue weighted by atomic mass is 32.1. The average molecular weight is 433 g/mol. The molecule has 2 heterocycles. The normalized spacial score (nSPS) is 14.1. The van der Waals surface area contributed by atoms with Crippen LogP contribution in [0.4, 0.5) is 16.3 Å². The summed E-state index contributed by atoms with van der Waals surface area (Å²) in [6.07, 6.45) is 7.79. The van der Waals surface area contributed by atoms with E-state index in [1.165, 1.54) is 29.9 Å². The second-order valence-electron chi connectivity index (χ2n) is 7.38. The Kier molecular flexibility index (Phi) is 6.51. The molecule has 3 N–H and O–H groups in total. The molecular formula is C24H24N4O2S. The number of aromatic nitrogens is 1. The van der Waals surface area contributed by atoms with Gasteiger partial charge in [0.2, 0.25) is 0 Å². The van der Waals surface area contributed by atoms with E-state index in [1.807, 2.05) is 24.3 Å². The number of aliphatic hydroxyl groups is 1. The molecule has 3 aromatic rings. The predicted octanol–water partition coefficient (Wildman–Crippen LogP) is 4.25. The fourth-order valence-electron chi connectivity index (χ4n) is 3.71. The molecule has 31 heavy (non-hydrogen) atoms. The zero-order valence-electron chi connectivity index (χ0n) is 17.0. The van der Waals surface area contributed by atoms with E-state index in [0.29, 0.717) is 10.8 Å². The van der Waals surface area contributed by atoms with E-state index in [-0.39, 0.29) is 6.61 Å². The molecule has 0 bridgehead atoms. The van der Waals surface area contributed by atoms with Gasteiger partial charge in [0, 0.05) is 24.2 Å². The van der Waals surface area contributed by atoms with Gasteiger partial charge in [-0.15, -0.1) is 17.8 Å². The maximum Gasteiger partial charge on any atom is 0.320 e. The molecule has 1 aromatic heterocycles. The second-order valence-corrected chi connectivity index (χ2v) is 8.24. The Bertz CT molecular complexity index is 1080. The summed E-state index contributed by atoms with van der Waals surface area (Å²) in [4.78, 5) is 18.8. The van der Waals surface area contributed by atoms with Gasteiger partial charge in [0.1, 0.15) is 5.82 Å². The molecule has 1 atom stereocenters. The van der Waals surface area contributed by atoms with Gasteiger partial charge in [0.25, 0.3) is 0 Å². The van der Waals surface area contributed by atoms with Gasteiger partial charge in [-0.05, 0) is 47.6 Å². The molecule has 2 amide bonds. The minimum atomic E-state index is -0.532. The smallest absolute Gasteiger partial charge is 0.320 e. The maximum absolute atomic E-state index is 12.3. The van der Waals surface area contributed by atoms with Crippen LogP contribution in [0.2, 0.25) is 0 Å². The zero-order chi connectivity index (χ0) is 21.6. The first-order valence-electron chi connectivity index (χ1n) is 10.2. The lowest BCUT2D eigenvalue weighted by molar-refractivity contribution is 0.225. The SMILES string of the molecule is C#Cc1nc(NC(=O)N[C@@H](CO)c2ccc(-c3cccc(N4CCCC4)c3)cc2)cs1. The van der Waals surface area contributed by atoms with Crippen molar-refractivity contribution in [3.63, 3.8) is 0 Å². The van der Waals surface area contributed by atoms with Crippen molar-refractivity contribution in [3.8, 4) is 23.5 Å². The topological polar surface area (TPSA) is 77.5 Å². The first kappa shape index (κ1) is 20.9. The van der Waals surface area contributed by atoms with Crippen LogP contribution in [0.5, 0.6) is 0 Å². The number of nitrogens with one attached hydrogen (secondary N) is 2. The lowest BCUT2D eigenvalue weighted by Crippen LogP contribution is -2.34. The number of thiazole rings is 1. The highest BCUT2D eigenvalue weighted by Crippen LogP contribution is 2.28. The Morgan fingerprint density at radius 2 is 1.97 bits per heavy atom. The molecular weight excluding hydrogens is 408 g/mol. The molecule has 2 aromatic carbocycles. The van der Waals surface area contributed by atoms with E-state index >= 15 is 0 Å². The summed E-state index contributed by atoms with van der Waals surface area (Å²) in [6, 6.07) is 15.5. The zero-order valence-corrected chi connectivity index (χ0v) is 17.9. The monoisotopic (exact) mass is 432 g/mol. The van der Waals surface area contributed by atoms with Gasteiger partial charge < -0.3 is 15.3 Å². The number of hydrogen-bond donors (Lipinski definition) is 3. The average Bonchev–Trinajstić information content (AvgIpc) is 3.50. The number of urea groups is 1. The van der Waals surface area contributed by atoms with Crippen molar-refractivity contribution in [2.45, 2.75) is 18.9 Å². The molecule has 6 nitrogen and oxygen atoms in total. The van der Waals surface area contributed by atoms with Crippen LogP contribution < -0.4 is 15.5 Å². The lowest BCUT2D eigenvalue weighted by Gasteiger charge is -2.19. The molecule has 1 aliphatic heterocycles. The van der Waals surface area contributed by atoms with E-state index in [1.54, 1.807) is 5.38 Å². The molecule has 0 radical (unpaired) electrons. The minimum absolute atomic E-state index is 0.218. The number of rotatable bonds is 6. The van der Waals surface area contributed by atoms with Gasteiger partial charge in [0.15, 0.2) is 5.01 Å². The van der Waals surface area contributed by atoms with Gasteiger partial charge >= 0.3 is 6.03 Å². The van der Waals surface area contributed by atoms with Crippen LogP contribution in [-0.2, 0) is 0 Å². The first-order valence-corrected chi connectivity index (χ1v) is 11.1. The van der Waals surface area contributed by atoms with Crippen molar-refractivity contribution < 1.29 is 9.90 Å². The highest BCUT2D eigenvalue weighted by Gasteiger charge is 2.16. The standard InChI is InChI=1S/C24H24N4O2S/c1-2-23-26-22(16-31-23)27-24(30)25-21(15-29)18-10-8-17(9-11-18)19-6-5-7-20(14-19)28-12-3-4-13-28/h1,5-11,14,16,21,29H,3-4,12-13,15H2,(H2,25,27,30)/t21-/m0/s1. The third-order valence-corrected chi connectivity index (χ3v) is 6.09. The summed E-state index contributed by atoms with van der Waals surface area (Å²) in [5.41, 5.74) is 4.31. The van der Waals surface area contributed by atoms with Crippen LogP contribution in [0.3, 0.4) is 0 Å². The van der Waals surface area contributed by atoms with Crippen molar-refractivity contribution >= 4 is 28.9 Å². The summed E-state index contributed by atoms with van der Waals surface area (Å²) in [5.74, 6) is 2.82. The quantitative estimate of drug-likeness (QED) is 0.509. The van der Waals surface area contributed by atoms with E-state index in [2.05, 4.69) is 50.7 Å². The summed E-state index contributed by atoms with van der Waals surface area (Å²) in [7, 11) is 0. The van der Waals surface area contributed by atoms with Crippen molar-refractivity contribution in [3.05, 3.63) is 64.5 Å². The third-order valence-electron chi connectivity index (χ3n) is 5.32. The van der Waals surface area contributed by atoms with Gasteiger partial charge in [-0.3, -0.25) is 5.32 Å². The Hall–Kier alpha value is -3.34. The molecule has 0 unspecified atom stereocenters. The summed E-state index contributed by atoms with van der Waals surface area (Å²) >= 11 is 1.28. The van der Waals surface area contributed by atoms with Crippen LogP contribution in [-0.4, -0.2) is 35.8 Å². The maximum atomic E-state index is 12.3. The molecule has 1 fully saturated rings. The van der Waals surface area contributed by atoms with Crippen LogP contribution >= 0.6 is 11.3 Å². The molecule has 7 heteroatoms.